The van der Waals surface area contributed by atoms with E-state index in [1.807, 2.05) is 0 Å². The maximum absolute atomic E-state index is 13.5. The van der Waals surface area contributed by atoms with Crippen molar-refractivity contribution in [2.75, 3.05) is 6.61 Å². The zero-order valence-electron chi connectivity index (χ0n) is 15.4. The van der Waals surface area contributed by atoms with Gasteiger partial charge in [-0.25, -0.2) is 4.79 Å². The van der Waals surface area contributed by atoms with E-state index < -0.39 is 69.7 Å². The summed E-state index contributed by atoms with van der Waals surface area (Å²) in [5.74, 6) is -3.00. The highest BCUT2D eigenvalue weighted by molar-refractivity contribution is 7.86. The molecule has 3 aliphatic rings. The Bertz CT molecular complexity index is 775. The molecule has 0 aromatic heterocycles. The van der Waals surface area contributed by atoms with Gasteiger partial charge in [0.15, 0.2) is 6.10 Å². The molecular formula is C16H22F2O9S. The molecule has 0 aromatic carbocycles. The summed E-state index contributed by atoms with van der Waals surface area (Å²) in [6.45, 7) is 2.99. The van der Waals surface area contributed by atoms with Crippen LogP contribution < -0.4 is 0 Å². The zero-order chi connectivity index (χ0) is 21.2. The fraction of sp³-hybridized carbons (Fsp3) is 0.875. The van der Waals surface area contributed by atoms with Crippen molar-refractivity contribution in [2.24, 2.45) is 23.7 Å². The van der Waals surface area contributed by atoms with Crippen LogP contribution in [0.1, 0.15) is 27.2 Å². The van der Waals surface area contributed by atoms with E-state index in [0.29, 0.717) is 13.3 Å². The molecule has 3 rings (SSSR count). The van der Waals surface area contributed by atoms with Crippen LogP contribution in [0.5, 0.6) is 0 Å². The van der Waals surface area contributed by atoms with Gasteiger partial charge in [0.1, 0.15) is 12.7 Å². The number of rotatable bonds is 7. The van der Waals surface area contributed by atoms with Crippen LogP contribution in [0, 0.1) is 23.7 Å². The monoisotopic (exact) mass is 428 g/mol. The van der Waals surface area contributed by atoms with Gasteiger partial charge in [0.25, 0.3) is 0 Å². The van der Waals surface area contributed by atoms with Gasteiger partial charge in [-0.3, -0.25) is 9.35 Å². The van der Waals surface area contributed by atoms with Crippen LogP contribution >= 0.6 is 0 Å². The summed E-state index contributed by atoms with van der Waals surface area (Å²) in [6.07, 6.45) is -3.18. The molecule has 28 heavy (non-hydrogen) atoms. The normalized spacial score (nSPS) is 35.8. The van der Waals surface area contributed by atoms with E-state index in [1.165, 1.54) is 0 Å². The van der Waals surface area contributed by atoms with Crippen LogP contribution in [-0.2, 0) is 33.9 Å². The van der Waals surface area contributed by atoms with Gasteiger partial charge in [-0.05, 0) is 33.1 Å². The minimum absolute atomic E-state index is 0.155. The Hall–Kier alpha value is -1.37. The third-order valence-corrected chi connectivity index (χ3v) is 6.90. The summed E-state index contributed by atoms with van der Waals surface area (Å²) >= 11 is 0. The maximum atomic E-state index is 13.5. The van der Waals surface area contributed by atoms with Gasteiger partial charge < -0.3 is 19.3 Å². The molecule has 2 aliphatic carbocycles. The first-order valence-electron chi connectivity index (χ1n) is 8.75. The molecule has 0 radical (unpaired) electrons. The van der Waals surface area contributed by atoms with Crippen LogP contribution in [0.25, 0.3) is 0 Å². The first kappa shape index (κ1) is 21.3. The summed E-state index contributed by atoms with van der Waals surface area (Å²) in [5, 5.41) is 5.77. The number of alkyl halides is 2. The van der Waals surface area contributed by atoms with E-state index in [0.717, 1.165) is 0 Å². The third kappa shape index (κ3) is 3.29. The lowest BCUT2D eigenvalue weighted by Gasteiger charge is -2.38. The van der Waals surface area contributed by atoms with Crippen molar-refractivity contribution in [1.29, 1.82) is 0 Å². The van der Waals surface area contributed by atoms with Gasteiger partial charge in [-0.1, -0.05) is 0 Å². The highest BCUT2D eigenvalue weighted by atomic mass is 32.2. The van der Waals surface area contributed by atoms with Gasteiger partial charge >= 0.3 is 27.3 Å². The fourth-order valence-corrected chi connectivity index (χ4v) is 5.32. The molecule has 1 saturated heterocycles. The lowest BCUT2D eigenvalue weighted by atomic mass is 9.71. The number of halogens is 2. The molecule has 7 atom stereocenters. The summed E-state index contributed by atoms with van der Waals surface area (Å²) in [6, 6.07) is 0. The van der Waals surface area contributed by atoms with E-state index in [2.05, 4.69) is 4.74 Å². The van der Waals surface area contributed by atoms with Crippen LogP contribution in [0.2, 0.25) is 0 Å². The van der Waals surface area contributed by atoms with Crippen LogP contribution in [-0.4, -0.2) is 65.8 Å². The van der Waals surface area contributed by atoms with Crippen LogP contribution in [0.15, 0.2) is 0 Å². The van der Waals surface area contributed by atoms with Gasteiger partial charge in [0.05, 0.1) is 17.6 Å². The third-order valence-electron chi connectivity index (χ3n) is 5.88. The largest absolute Gasteiger partial charge is 0.459 e. The van der Waals surface area contributed by atoms with E-state index in [4.69, 9.17) is 14.0 Å². The average molecular weight is 428 g/mol. The Balaban J connectivity index is 1.64. The van der Waals surface area contributed by atoms with Crippen molar-refractivity contribution in [1.82, 2.24) is 0 Å². The van der Waals surface area contributed by atoms with Gasteiger partial charge in [0.2, 0.25) is 0 Å². The number of fused-ring (bicyclic) bond motifs is 1. The van der Waals surface area contributed by atoms with Crippen molar-refractivity contribution in [3.8, 4) is 0 Å². The lowest BCUT2D eigenvalue weighted by Crippen LogP contribution is -2.48. The molecule has 12 heteroatoms. The molecule has 0 aromatic rings. The van der Waals surface area contributed by atoms with Crippen LogP contribution in [0.4, 0.5) is 8.78 Å². The van der Waals surface area contributed by atoms with Crippen molar-refractivity contribution in [3.05, 3.63) is 0 Å². The van der Waals surface area contributed by atoms with Gasteiger partial charge in [0, 0.05) is 11.8 Å². The Labute approximate surface area is 160 Å². The maximum Gasteiger partial charge on any atom is 0.405 e. The molecule has 2 N–H and O–H groups in total. The molecule has 2 bridgehead atoms. The van der Waals surface area contributed by atoms with Crippen molar-refractivity contribution in [3.63, 3.8) is 0 Å². The average Bonchev–Trinajstić information content (AvgIpc) is 3.12. The standard InChI is InChI=1S/C16H22F2O9S/c1-6(16(17,18)28(22,23)24)26-9(19)5-25-12-8-4-7-10(11(8)15(2,3)21)14(20)27-13(7)12/h6-8,10-13,21H,4-5H2,1-3H3,(H,22,23,24). The Morgan fingerprint density at radius 2 is 1.96 bits per heavy atom. The lowest BCUT2D eigenvalue weighted by molar-refractivity contribution is -0.171. The summed E-state index contributed by atoms with van der Waals surface area (Å²) in [4.78, 5) is 24.0. The van der Waals surface area contributed by atoms with E-state index in [9.17, 15) is 31.9 Å². The quantitative estimate of drug-likeness (QED) is 0.435. The molecule has 1 aliphatic heterocycles. The minimum Gasteiger partial charge on any atom is -0.459 e. The molecule has 1 heterocycles. The zero-order valence-corrected chi connectivity index (χ0v) is 16.2. The van der Waals surface area contributed by atoms with Crippen LogP contribution in [0.3, 0.4) is 0 Å². The predicted octanol–water partition coefficient (Wildman–Crippen LogP) is 0.362. The highest BCUT2D eigenvalue weighted by Gasteiger charge is 2.69. The first-order chi connectivity index (χ1) is 12.7. The van der Waals surface area contributed by atoms with E-state index in [1.54, 1.807) is 13.8 Å². The number of aliphatic hydroxyl groups is 1. The molecule has 0 spiro atoms. The summed E-state index contributed by atoms with van der Waals surface area (Å²) < 4.78 is 72.0. The number of carbonyl (C=O) groups excluding carboxylic acids is 2. The number of carbonyl (C=O) groups is 2. The topological polar surface area (TPSA) is 136 Å². The van der Waals surface area contributed by atoms with Gasteiger partial charge in [-0.15, -0.1) is 0 Å². The number of esters is 2. The fourth-order valence-electron chi connectivity index (χ4n) is 4.85. The summed E-state index contributed by atoms with van der Waals surface area (Å²) in [7, 11) is -5.76. The van der Waals surface area contributed by atoms with Crippen molar-refractivity contribution in [2.45, 2.75) is 56.4 Å². The van der Waals surface area contributed by atoms with E-state index >= 15 is 0 Å². The molecule has 3 fully saturated rings. The SMILES string of the molecule is CC(OC(=O)COC1C2CC3C1OC(=O)C3C2C(C)(C)O)C(F)(F)S(=O)(=O)O. The van der Waals surface area contributed by atoms with Gasteiger partial charge in [-0.2, -0.15) is 17.2 Å². The minimum atomic E-state index is -5.76. The Morgan fingerprint density at radius 1 is 1.36 bits per heavy atom. The second-order valence-corrected chi connectivity index (χ2v) is 9.61. The highest BCUT2D eigenvalue weighted by Crippen LogP contribution is 2.61. The second-order valence-electron chi connectivity index (χ2n) is 8.11. The number of hydrogen-bond acceptors (Lipinski definition) is 8. The molecule has 2 saturated carbocycles. The van der Waals surface area contributed by atoms with E-state index in [-0.39, 0.29) is 11.8 Å². The number of hydrogen-bond donors (Lipinski definition) is 2. The Morgan fingerprint density at radius 3 is 2.50 bits per heavy atom. The second kappa shape index (κ2) is 6.57. The molecular weight excluding hydrogens is 406 g/mol. The Kier molecular flexibility index (Phi) is 5.01. The molecule has 7 unspecified atom stereocenters. The molecule has 0 amide bonds. The summed E-state index contributed by atoms with van der Waals surface area (Å²) in [5.41, 5.74) is -1.19. The smallest absolute Gasteiger partial charge is 0.405 e. The molecule has 160 valence electrons. The molecule has 9 nitrogen and oxygen atoms in total. The first-order valence-corrected chi connectivity index (χ1v) is 10.2. The number of ether oxygens (including phenoxy) is 3. The van der Waals surface area contributed by atoms with Crippen molar-refractivity contribution < 1.29 is 50.7 Å². The predicted molar refractivity (Wildman–Crippen MR) is 86.5 cm³/mol. The van der Waals surface area contributed by atoms with Crippen molar-refractivity contribution >= 4 is 22.1 Å².